The Morgan fingerprint density at radius 2 is 1.84 bits per heavy atom. The predicted molar refractivity (Wildman–Crippen MR) is 111 cm³/mol. The lowest BCUT2D eigenvalue weighted by Gasteiger charge is -2.14. The number of hydrogen-bond donors (Lipinski definition) is 2. The van der Waals surface area contributed by atoms with E-state index in [1.165, 1.54) is 28.5 Å². The Bertz CT molecular complexity index is 1290. The topological polar surface area (TPSA) is 128 Å². The molecule has 0 bridgehead atoms. The van der Waals surface area contributed by atoms with Crippen LogP contribution in [0.2, 0.25) is 0 Å². The largest absolute Gasteiger partial charge is 0.435 e. The first-order valence-electron chi connectivity index (χ1n) is 9.27. The van der Waals surface area contributed by atoms with Crippen LogP contribution < -0.4 is 15.8 Å². The quantitative estimate of drug-likeness (QED) is 0.383. The Morgan fingerprint density at radius 1 is 1.19 bits per heavy atom. The zero-order valence-corrected chi connectivity index (χ0v) is 17.6. The molecule has 2 N–H and O–H groups in total. The number of amides is 1. The summed E-state index contributed by atoms with van der Waals surface area (Å²) in [7, 11) is -3.81. The van der Waals surface area contributed by atoms with Gasteiger partial charge in [-0.2, -0.15) is 8.78 Å². The molecule has 3 rings (SSSR count). The van der Waals surface area contributed by atoms with Gasteiger partial charge < -0.3 is 4.74 Å². The van der Waals surface area contributed by atoms with Gasteiger partial charge in [0.2, 0.25) is 0 Å². The van der Waals surface area contributed by atoms with Crippen molar-refractivity contribution < 1.29 is 31.9 Å². The van der Waals surface area contributed by atoms with Crippen molar-refractivity contribution in [3.05, 3.63) is 59.1 Å². The number of fused-ring (bicyclic) bond motifs is 1. The minimum absolute atomic E-state index is 0.0211. The number of hydrogen-bond acceptors (Lipinski definition) is 7. The van der Waals surface area contributed by atoms with Gasteiger partial charge in [0.15, 0.2) is 9.84 Å². The van der Waals surface area contributed by atoms with Crippen molar-refractivity contribution in [2.24, 2.45) is 0 Å². The Morgan fingerprint density at radius 3 is 2.44 bits per heavy atom. The summed E-state index contributed by atoms with van der Waals surface area (Å²) in [4.78, 5) is 28.6. The summed E-state index contributed by atoms with van der Waals surface area (Å²) in [6.45, 7) is -3.03. The number of ether oxygens (including phenoxy) is 1. The van der Waals surface area contributed by atoms with Crippen LogP contribution in [0, 0.1) is 0 Å². The summed E-state index contributed by atoms with van der Waals surface area (Å²) in [5, 5.41) is 7.51. The lowest BCUT2D eigenvalue weighted by molar-refractivity contribution is -0.128. The number of carbonyl (C=O) groups excluding carboxylic acids is 1. The van der Waals surface area contributed by atoms with Crippen LogP contribution in [0.3, 0.4) is 0 Å². The highest BCUT2D eigenvalue weighted by molar-refractivity contribution is 7.92. The van der Waals surface area contributed by atoms with Crippen LogP contribution in [0.4, 0.5) is 8.78 Å². The van der Waals surface area contributed by atoms with Gasteiger partial charge in [0.25, 0.3) is 11.5 Å². The summed E-state index contributed by atoms with van der Waals surface area (Å²) in [5.41, 5.74) is 2.66. The molecule has 0 aliphatic rings. The number of benzene rings is 2. The third kappa shape index (κ3) is 5.26. The molecule has 0 saturated heterocycles. The fraction of sp³-hybridized carbons (Fsp3) is 0.250. The first kappa shape index (κ1) is 23.3. The number of nitrogens with one attached hydrogen (secondary N) is 1. The summed E-state index contributed by atoms with van der Waals surface area (Å²) in [5.74, 6) is -1.06. The third-order valence-corrected chi connectivity index (χ3v) is 6.27. The van der Waals surface area contributed by atoms with E-state index in [0.717, 1.165) is 6.26 Å². The van der Waals surface area contributed by atoms with Gasteiger partial charge in [0.05, 0.1) is 17.2 Å². The van der Waals surface area contributed by atoms with Crippen molar-refractivity contribution in [2.75, 3.05) is 6.26 Å². The minimum Gasteiger partial charge on any atom is -0.435 e. The number of rotatable bonds is 8. The molecule has 12 heteroatoms. The van der Waals surface area contributed by atoms with E-state index in [2.05, 4.69) is 9.72 Å². The zero-order chi connectivity index (χ0) is 23.5. The van der Waals surface area contributed by atoms with Crippen molar-refractivity contribution in [3.8, 4) is 16.9 Å². The molecule has 1 atom stereocenters. The van der Waals surface area contributed by atoms with Crippen molar-refractivity contribution in [2.45, 2.75) is 24.8 Å². The number of alkyl halides is 2. The number of aryl methyl sites for hydroxylation is 1. The molecule has 1 unspecified atom stereocenters. The van der Waals surface area contributed by atoms with Crippen LogP contribution in [-0.2, 0) is 21.2 Å². The van der Waals surface area contributed by atoms with Crippen LogP contribution in [-0.4, -0.2) is 47.2 Å². The van der Waals surface area contributed by atoms with Gasteiger partial charge in [0.1, 0.15) is 11.0 Å². The van der Waals surface area contributed by atoms with Crippen molar-refractivity contribution in [1.82, 2.24) is 15.0 Å². The monoisotopic (exact) mass is 467 g/mol. The van der Waals surface area contributed by atoms with Gasteiger partial charge in [-0.1, -0.05) is 18.2 Å². The van der Waals surface area contributed by atoms with E-state index in [0.29, 0.717) is 16.6 Å². The van der Waals surface area contributed by atoms with Gasteiger partial charge in [-0.15, -0.1) is 0 Å². The molecule has 0 aliphatic carbocycles. The lowest BCUT2D eigenvalue weighted by atomic mass is 10.0. The lowest BCUT2D eigenvalue weighted by Crippen LogP contribution is -2.39. The standard InChI is InChI=1S/C20H19F2N3O6S/c1-32(29,30)17(18(26)24-28)8-9-25-11-23-16-10-13(4-7-15(16)19(25)27)12-2-5-14(6-3-12)31-20(21)22/h2-7,10-11,17,20,28H,8-9H2,1H3,(H,24,26). The first-order valence-corrected chi connectivity index (χ1v) is 11.2. The maximum Gasteiger partial charge on any atom is 0.387 e. The van der Waals surface area contributed by atoms with E-state index >= 15 is 0 Å². The number of aromatic nitrogens is 2. The van der Waals surface area contributed by atoms with E-state index in [1.54, 1.807) is 30.3 Å². The summed E-state index contributed by atoms with van der Waals surface area (Å²) < 4.78 is 53.6. The van der Waals surface area contributed by atoms with E-state index in [1.807, 2.05) is 0 Å². The smallest absolute Gasteiger partial charge is 0.387 e. The molecule has 32 heavy (non-hydrogen) atoms. The Labute approximate surface area is 181 Å². The van der Waals surface area contributed by atoms with E-state index in [-0.39, 0.29) is 24.1 Å². The molecule has 1 heterocycles. The molecule has 0 aliphatic heterocycles. The highest BCUT2D eigenvalue weighted by Gasteiger charge is 2.28. The molecular formula is C20H19F2N3O6S. The van der Waals surface area contributed by atoms with Crippen molar-refractivity contribution >= 4 is 26.6 Å². The van der Waals surface area contributed by atoms with Crippen LogP contribution in [0.1, 0.15) is 6.42 Å². The van der Waals surface area contributed by atoms with Gasteiger partial charge in [-0.25, -0.2) is 18.9 Å². The third-order valence-electron chi connectivity index (χ3n) is 4.79. The van der Waals surface area contributed by atoms with E-state index in [4.69, 9.17) is 5.21 Å². The fourth-order valence-electron chi connectivity index (χ4n) is 3.19. The van der Waals surface area contributed by atoms with Crippen LogP contribution in [0.25, 0.3) is 22.0 Å². The molecule has 1 aromatic heterocycles. The first-order chi connectivity index (χ1) is 15.1. The van der Waals surface area contributed by atoms with Crippen LogP contribution >= 0.6 is 0 Å². The van der Waals surface area contributed by atoms with Crippen molar-refractivity contribution in [3.63, 3.8) is 0 Å². The fourth-order valence-corrected chi connectivity index (χ4v) is 4.17. The number of carbonyl (C=O) groups is 1. The maximum absolute atomic E-state index is 12.8. The molecule has 0 fully saturated rings. The second-order valence-electron chi connectivity index (χ2n) is 6.96. The van der Waals surface area contributed by atoms with Crippen LogP contribution in [0.5, 0.6) is 5.75 Å². The average Bonchev–Trinajstić information content (AvgIpc) is 2.74. The van der Waals surface area contributed by atoms with Gasteiger partial charge in [0, 0.05) is 12.8 Å². The second-order valence-corrected chi connectivity index (χ2v) is 9.19. The van der Waals surface area contributed by atoms with Crippen LogP contribution in [0.15, 0.2) is 53.6 Å². The molecule has 0 radical (unpaired) electrons. The zero-order valence-electron chi connectivity index (χ0n) is 16.7. The highest BCUT2D eigenvalue weighted by atomic mass is 32.2. The molecule has 9 nitrogen and oxygen atoms in total. The maximum atomic E-state index is 12.8. The molecule has 1 amide bonds. The molecule has 0 spiro atoms. The summed E-state index contributed by atoms with van der Waals surface area (Å²) >= 11 is 0. The normalized spacial score (nSPS) is 12.7. The number of sulfone groups is 1. The Kier molecular flexibility index (Phi) is 6.84. The number of halogens is 2. The highest BCUT2D eigenvalue weighted by Crippen LogP contribution is 2.25. The number of nitrogens with zero attached hydrogens (tertiary/aromatic N) is 2. The molecular weight excluding hydrogens is 448 g/mol. The molecule has 3 aromatic rings. The molecule has 2 aromatic carbocycles. The average molecular weight is 467 g/mol. The SMILES string of the molecule is CS(=O)(=O)C(CCn1cnc2cc(-c3ccc(OC(F)F)cc3)ccc2c1=O)C(=O)NO. The van der Waals surface area contributed by atoms with Gasteiger partial charge in [-0.05, 0) is 41.8 Å². The van der Waals surface area contributed by atoms with Gasteiger partial charge >= 0.3 is 6.61 Å². The predicted octanol–water partition coefficient (Wildman–Crippen LogP) is 1.97. The Hall–Kier alpha value is -3.38. The molecule has 170 valence electrons. The second kappa shape index (κ2) is 9.40. The molecule has 0 saturated carbocycles. The summed E-state index contributed by atoms with van der Waals surface area (Å²) in [6, 6.07) is 10.9. The number of hydroxylamine groups is 1. The summed E-state index contributed by atoms with van der Waals surface area (Å²) in [6.07, 6.45) is 1.87. The minimum atomic E-state index is -3.81. The van der Waals surface area contributed by atoms with Gasteiger partial charge in [-0.3, -0.25) is 19.4 Å². The van der Waals surface area contributed by atoms with E-state index in [9.17, 15) is 26.8 Å². The Balaban J connectivity index is 1.85. The van der Waals surface area contributed by atoms with Crippen molar-refractivity contribution in [1.29, 1.82) is 0 Å². The van der Waals surface area contributed by atoms with E-state index < -0.39 is 33.2 Å².